The molecule has 0 atom stereocenters. The zero-order valence-electron chi connectivity index (χ0n) is 7.40. The molecule has 0 bridgehead atoms. The molecular weight excluding hydrogens is 196 g/mol. The molecule has 0 heterocycles. The van der Waals surface area contributed by atoms with E-state index in [1.807, 2.05) is 24.3 Å². The maximum absolute atomic E-state index is 5.22. The first-order valence-electron chi connectivity index (χ1n) is 4.19. The van der Waals surface area contributed by atoms with Crippen LogP contribution in [0.15, 0.2) is 47.9 Å². The third-order valence-corrected chi connectivity index (χ3v) is 2.92. The second kappa shape index (κ2) is 5.95. The Hall–Kier alpha value is -0.600. The first-order chi connectivity index (χ1) is 6.33. The summed E-state index contributed by atoms with van der Waals surface area (Å²) in [6.45, 7) is 3.67. The molecule has 0 unspecified atom stereocenters. The van der Waals surface area contributed by atoms with Crippen LogP contribution in [0.2, 0.25) is 0 Å². The normalized spacial score (nSPS) is 9.54. The summed E-state index contributed by atoms with van der Waals surface area (Å²) in [5.74, 6) is 0. The fourth-order valence-electron chi connectivity index (χ4n) is 0.891. The van der Waals surface area contributed by atoms with Crippen molar-refractivity contribution in [1.29, 1.82) is 0 Å². The second-order valence-corrected chi connectivity index (χ2v) is 4.53. The molecule has 1 rings (SSSR count). The lowest BCUT2D eigenvalue weighted by atomic mass is 10.3. The minimum atomic E-state index is 0.943. The number of benzene rings is 1. The van der Waals surface area contributed by atoms with E-state index in [2.05, 4.69) is 18.7 Å². The maximum Gasteiger partial charge on any atom is 0.0530 e. The average molecular weight is 208 g/mol. The quantitative estimate of drug-likeness (QED) is 0.415. The Morgan fingerprint density at radius 3 is 2.69 bits per heavy atom. The van der Waals surface area contributed by atoms with Gasteiger partial charge in [0, 0.05) is 4.90 Å². The molecule has 0 N–H and O–H groups in total. The number of thiocarbonyl (C=S) groups is 1. The van der Waals surface area contributed by atoms with E-state index in [1.54, 1.807) is 11.8 Å². The van der Waals surface area contributed by atoms with Gasteiger partial charge in [-0.3, -0.25) is 0 Å². The SMILES string of the molecule is C=CCCC(=S)Sc1ccccc1. The van der Waals surface area contributed by atoms with Crippen LogP contribution in [0.4, 0.5) is 0 Å². The Morgan fingerprint density at radius 1 is 1.38 bits per heavy atom. The molecule has 0 aliphatic carbocycles. The zero-order valence-corrected chi connectivity index (χ0v) is 9.03. The van der Waals surface area contributed by atoms with Crippen molar-refractivity contribution in [2.45, 2.75) is 17.7 Å². The molecule has 1 aromatic carbocycles. The zero-order chi connectivity index (χ0) is 9.52. The topological polar surface area (TPSA) is 0 Å². The van der Waals surface area contributed by atoms with Gasteiger partial charge >= 0.3 is 0 Å². The Bertz CT molecular complexity index is 277. The van der Waals surface area contributed by atoms with Crippen LogP contribution in [0.3, 0.4) is 0 Å². The molecule has 0 fully saturated rings. The van der Waals surface area contributed by atoms with Crippen LogP contribution in [0.5, 0.6) is 0 Å². The van der Waals surface area contributed by atoms with Gasteiger partial charge in [0.2, 0.25) is 0 Å². The standard InChI is InChI=1S/C11H12S2/c1-2-3-9-11(12)13-10-7-5-4-6-8-10/h2,4-8H,1,3,9H2. The van der Waals surface area contributed by atoms with Gasteiger partial charge in [0.05, 0.1) is 4.20 Å². The molecule has 0 saturated carbocycles. The molecule has 0 nitrogen and oxygen atoms in total. The largest absolute Gasteiger partial charge is 0.103 e. The third-order valence-electron chi connectivity index (χ3n) is 1.53. The van der Waals surface area contributed by atoms with Crippen LogP contribution in [0.25, 0.3) is 0 Å². The van der Waals surface area contributed by atoms with Crippen molar-refractivity contribution >= 4 is 28.2 Å². The van der Waals surface area contributed by atoms with Gasteiger partial charge in [-0.05, 0) is 25.0 Å². The fourth-order valence-corrected chi connectivity index (χ4v) is 2.07. The van der Waals surface area contributed by atoms with E-state index in [0.717, 1.165) is 17.0 Å². The summed E-state index contributed by atoms with van der Waals surface area (Å²) >= 11 is 6.88. The number of hydrogen-bond acceptors (Lipinski definition) is 2. The molecule has 2 heteroatoms. The number of thioether (sulfide) groups is 1. The number of rotatable bonds is 4. The van der Waals surface area contributed by atoms with E-state index in [-0.39, 0.29) is 0 Å². The molecule has 0 aliphatic rings. The monoisotopic (exact) mass is 208 g/mol. The third kappa shape index (κ3) is 4.25. The summed E-state index contributed by atoms with van der Waals surface area (Å²) in [6.07, 6.45) is 3.81. The average Bonchev–Trinajstić information content (AvgIpc) is 2.16. The highest BCUT2D eigenvalue weighted by Crippen LogP contribution is 2.21. The summed E-state index contributed by atoms with van der Waals surface area (Å²) in [4.78, 5) is 1.22. The van der Waals surface area contributed by atoms with Gasteiger partial charge < -0.3 is 0 Å². The first kappa shape index (κ1) is 10.5. The Balaban J connectivity index is 2.41. The highest BCUT2D eigenvalue weighted by atomic mass is 32.2. The van der Waals surface area contributed by atoms with E-state index in [1.165, 1.54) is 4.90 Å². The van der Waals surface area contributed by atoms with Crippen LogP contribution < -0.4 is 0 Å². The van der Waals surface area contributed by atoms with Crippen LogP contribution in [-0.4, -0.2) is 4.20 Å². The van der Waals surface area contributed by atoms with Gasteiger partial charge in [-0.25, -0.2) is 0 Å². The molecule has 0 radical (unpaired) electrons. The second-order valence-electron chi connectivity index (χ2n) is 2.61. The van der Waals surface area contributed by atoms with Crippen molar-refractivity contribution in [3.05, 3.63) is 43.0 Å². The highest BCUT2D eigenvalue weighted by Gasteiger charge is 1.97. The molecular formula is C11H12S2. The maximum atomic E-state index is 5.22. The Kier molecular flexibility index (Phi) is 4.79. The first-order valence-corrected chi connectivity index (χ1v) is 5.42. The Morgan fingerprint density at radius 2 is 2.08 bits per heavy atom. The number of allylic oxidation sites excluding steroid dienone is 1. The van der Waals surface area contributed by atoms with Crippen molar-refractivity contribution in [2.75, 3.05) is 0 Å². The van der Waals surface area contributed by atoms with E-state index < -0.39 is 0 Å². The lowest BCUT2D eigenvalue weighted by Crippen LogP contribution is -1.85. The van der Waals surface area contributed by atoms with E-state index >= 15 is 0 Å². The summed E-state index contributed by atoms with van der Waals surface area (Å²) in [5, 5.41) is 0. The van der Waals surface area contributed by atoms with Crippen molar-refractivity contribution < 1.29 is 0 Å². The minimum Gasteiger partial charge on any atom is -0.103 e. The highest BCUT2D eigenvalue weighted by molar-refractivity contribution is 8.23. The van der Waals surface area contributed by atoms with Gasteiger partial charge in [0.15, 0.2) is 0 Å². The van der Waals surface area contributed by atoms with E-state index in [0.29, 0.717) is 0 Å². The molecule has 0 amide bonds. The van der Waals surface area contributed by atoms with E-state index in [9.17, 15) is 0 Å². The predicted octanol–water partition coefficient (Wildman–Crippen LogP) is 4.07. The van der Waals surface area contributed by atoms with Crippen molar-refractivity contribution in [3.63, 3.8) is 0 Å². The van der Waals surface area contributed by atoms with Crippen molar-refractivity contribution in [2.24, 2.45) is 0 Å². The molecule has 0 spiro atoms. The van der Waals surface area contributed by atoms with Crippen LogP contribution in [0, 0.1) is 0 Å². The van der Waals surface area contributed by atoms with Crippen molar-refractivity contribution in [1.82, 2.24) is 0 Å². The van der Waals surface area contributed by atoms with Crippen LogP contribution >= 0.6 is 24.0 Å². The minimum absolute atomic E-state index is 0.943. The lowest BCUT2D eigenvalue weighted by Gasteiger charge is -2.00. The predicted molar refractivity (Wildman–Crippen MR) is 64.3 cm³/mol. The molecule has 1 aromatic rings. The summed E-state index contributed by atoms with van der Waals surface area (Å²) in [7, 11) is 0. The smallest absolute Gasteiger partial charge is 0.0530 e. The van der Waals surface area contributed by atoms with E-state index in [4.69, 9.17) is 12.2 Å². The van der Waals surface area contributed by atoms with Gasteiger partial charge in [-0.15, -0.1) is 6.58 Å². The van der Waals surface area contributed by atoms with Gasteiger partial charge in [-0.1, -0.05) is 48.3 Å². The lowest BCUT2D eigenvalue weighted by molar-refractivity contribution is 1.13. The molecule has 68 valence electrons. The molecule has 13 heavy (non-hydrogen) atoms. The van der Waals surface area contributed by atoms with Crippen molar-refractivity contribution in [3.8, 4) is 0 Å². The molecule has 0 aromatic heterocycles. The van der Waals surface area contributed by atoms with Crippen LogP contribution in [0.1, 0.15) is 12.8 Å². The Labute approximate surface area is 89.0 Å². The van der Waals surface area contributed by atoms with Gasteiger partial charge in [-0.2, -0.15) is 0 Å². The van der Waals surface area contributed by atoms with Crippen LogP contribution in [-0.2, 0) is 0 Å². The summed E-state index contributed by atoms with van der Waals surface area (Å²) < 4.78 is 1.03. The molecule has 0 aliphatic heterocycles. The molecule has 0 saturated heterocycles. The van der Waals surface area contributed by atoms with Gasteiger partial charge in [0.1, 0.15) is 0 Å². The number of hydrogen-bond donors (Lipinski definition) is 0. The fraction of sp³-hybridized carbons (Fsp3) is 0.182. The van der Waals surface area contributed by atoms with Gasteiger partial charge in [0.25, 0.3) is 0 Å². The summed E-state index contributed by atoms with van der Waals surface area (Å²) in [6, 6.07) is 10.2. The summed E-state index contributed by atoms with van der Waals surface area (Å²) in [5.41, 5.74) is 0.